The van der Waals surface area contributed by atoms with Gasteiger partial charge in [0.05, 0.1) is 31.0 Å². The Bertz CT molecular complexity index is 1090. The Morgan fingerprint density at radius 2 is 1.92 bits per heavy atom. The van der Waals surface area contributed by atoms with Gasteiger partial charge in [-0.1, -0.05) is 60.7 Å². The van der Waals surface area contributed by atoms with E-state index < -0.39 is 13.7 Å². The number of aromatic nitrogens is 2. The van der Waals surface area contributed by atoms with Gasteiger partial charge in [0.2, 0.25) is 0 Å². The van der Waals surface area contributed by atoms with E-state index in [0.717, 1.165) is 39.7 Å². The molecule has 1 aliphatic rings. The van der Waals surface area contributed by atoms with E-state index >= 15 is 0 Å². The molecule has 0 saturated carbocycles. The van der Waals surface area contributed by atoms with Gasteiger partial charge >= 0.3 is 6.09 Å². The molecule has 2 atom stereocenters. The van der Waals surface area contributed by atoms with E-state index in [2.05, 4.69) is 65.8 Å². The van der Waals surface area contributed by atoms with Crippen molar-refractivity contribution in [3.05, 3.63) is 52.9 Å². The third-order valence-corrected chi connectivity index (χ3v) is 8.64. The van der Waals surface area contributed by atoms with E-state index in [1.165, 1.54) is 0 Å². The number of imidazole rings is 1. The number of likely N-dealkylation sites (tertiary alicyclic amines) is 1. The zero-order valence-corrected chi connectivity index (χ0v) is 26.6. The number of nitrogens with zero attached hydrogens (tertiary/aromatic N) is 3. The molecule has 1 fully saturated rings. The lowest BCUT2D eigenvalue weighted by Crippen LogP contribution is -2.38. The molecule has 1 aromatic heterocycles. The molecular weight excluding hydrogens is 562 g/mol. The van der Waals surface area contributed by atoms with Gasteiger partial charge in [-0.3, -0.25) is 4.90 Å². The molecule has 1 saturated heterocycles. The summed E-state index contributed by atoms with van der Waals surface area (Å²) >= 11 is 3.54. The van der Waals surface area contributed by atoms with Crippen LogP contribution in [0.5, 0.6) is 0 Å². The molecule has 0 radical (unpaired) electrons. The number of amides is 1. The van der Waals surface area contributed by atoms with Crippen LogP contribution in [0.3, 0.4) is 0 Å². The van der Waals surface area contributed by atoms with E-state index in [9.17, 15) is 4.79 Å². The van der Waals surface area contributed by atoms with Crippen LogP contribution in [-0.4, -0.2) is 60.1 Å². The van der Waals surface area contributed by atoms with Crippen molar-refractivity contribution < 1.29 is 19.0 Å². The summed E-state index contributed by atoms with van der Waals surface area (Å²) in [6.45, 7) is 20.6. The van der Waals surface area contributed by atoms with Crippen LogP contribution in [0.2, 0.25) is 25.7 Å². The summed E-state index contributed by atoms with van der Waals surface area (Å²) in [7, 11) is -1.23. The van der Waals surface area contributed by atoms with E-state index in [1.54, 1.807) is 11.0 Å². The van der Waals surface area contributed by atoms with E-state index in [-0.39, 0.29) is 18.2 Å². The molecule has 0 spiro atoms. The number of carbonyl (C=O) groups is 1. The Labute approximate surface area is 237 Å². The normalized spacial score (nSPS) is 18.2. The Kier molecular flexibility index (Phi) is 10.4. The van der Waals surface area contributed by atoms with Crippen molar-refractivity contribution in [2.75, 3.05) is 19.8 Å². The first-order valence-corrected chi connectivity index (χ1v) is 18.0. The van der Waals surface area contributed by atoms with Crippen LogP contribution in [-0.2, 0) is 27.4 Å². The number of carbonyl (C=O) groups excluding carboxylic acids is 1. The van der Waals surface area contributed by atoms with Crippen LogP contribution in [0.25, 0.3) is 11.3 Å². The Morgan fingerprint density at radius 3 is 2.50 bits per heavy atom. The molecular formula is C29H44BrN3O4Si. The summed E-state index contributed by atoms with van der Waals surface area (Å²) in [4.78, 5) is 20.3. The lowest BCUT2D eigenvalue weighted by atomic mass is 10.1. The highest BCUT2D eigenvalue weighted by Crippen LogP contribution is 2.37. The number of halogens is 1. The maximum atomic E-state index is 13.4. The van der Waals surface area contributed by atoms with Crippen molar-refractivity contribution in [2.24, 2.45) is 0 Å². The van der Waals surface area contributed by atoms with Gasteiger partial charge in [0.25, 0.3) is 0 Å². The van der Waals surface area contributed by atoms with E-state index in [1.807, 2.05) is 32.9 Å². The van der Waals surface area contributed by atoms with Crippen molar-refractivity contribution >= 4 is 30.1 Å². The van der Waals surface area contributed by atoms with Crippen molar-refractivity contribution in [1.29, 1.82) is 0 Å². The van der Waals surface area contributed by atoms with E-state index in [4.69, 9.17) is 19.2 Å². The van der Waals surface area contributed by atoms with Gasteiger partial charge in [-0.15, -0.1) is 6.58 Å². The summed E-state index contributed by atoms with van der Waals surface area (Å²) < 4.78 is 21.2. The molecule has 0 aliphatic carbocycles. The first-order valence-electron chi connectivity index (χ1n) is 13.5. The van der Waals surface area contributed by atoms with Gasteiger partial charge in [-0.05, 0) is 45.4 Å². The highest BCUT2D eigenvalue weighted by atomic mass is 79.9. The Balaban J connectivity index is 2.04. The second kappa shape index (κ2) is 12.9. The van der Waals surface area contributed by atoms with Gasteiger partial charge < -0.3 is 18.8 Å². The van der Waals surface area contributed by atoms with Crippen LogP contribution in [0.4, 0.5) is 4.79 Å². The molecule has 0 bridgehead atoms. The number of rotatable bonds is 11. The summed E-state index contributed by atoms with van der Waals surface area (Å²) in [6.07, 6.45) is 2.65. The maximum Gasteiger partial charge on any atom is 0.411 e. The van der Waals surface area contributed by atoms with Crippen LogP contribution in [0.1, 0.15) is 51.7 Å². The lowest BCUT2D eigenvalue weighted by molar-refractivity contribution is 0.0167. The van der Waals surface area contributed by atoms with Crippen molar-refractivity contribution in [3.8, 4) is 11.3 Å². The fraction of sp³-hybridized carbons (Fsp3) is 0.586. The molecule has 38 heavy (non-hydrogen) atoms. The first-order chi connectivity index (χ1) is 17.8. The largest absolute Gasteiger partial charge is 0.444 e. The molecule has 2 aromatic rings. The van der Waals surface area contributed by atoms with Gasteiger partial charge in [0, 0.05) is 36.8 Å². The minimum absolute atomic E-state index is 0.135. The highest BCUT2D eigenvalue weighted by Gasteiger charge is 2.42. The zero-order chi connectivity index (χ0) is 28.1. The van der Waals surface area contributed by atoms with Gasteiger partial charge in [-0.2, -0.15) is 0 Å². The zero-order valence-electron chi connectivity index (χ0n) is 24.1. The standard InChI is InChI=1S/C29H44BrN3O4Si/c1-9-15-36-23-18-25(32(19-23)28(34)37-29(3,4)5)27-31-26(21-11-13-22(30)14-12-21)24(10-2)33(27)20-35-16-17-38(6,7)8/h9,11-14,23,25H,1,10,15-20H2,2-8H3. The Morgan fingerprint density at radius 1 is 1.24 bits per heavy atom. The number of ether oxygens (including phenoxy) is 3. The van der Waals surface area contributed by atoms with Crippen LogP contribution in [0, 0.1) is 0 Å². The highest BCUT2D eigenvalue weighted by molar-refractivity contribution is 9.10. The maximum absolute atomic E-state index is 13.4. The van der Waals surface area contributed by atoms with Crippen molar-refractivity contribution in [2.45, 2.75) is 90.7 Å². The molecule has 2 unspecified atom stereocenters. The molecule has 7 nitrogen and oxygen atoms in total. The second-order valence-electron chi connectivity index (χ2n) is 12.0. The van der Waals surface area contributed by atoms with Gasteiger partial charge in [-0.25, -0.2) is 9.78 Å². The average Bonchev–Trinajstić information content (AvgIpc) is 3.40. The molecule has 1 aliphatic heterocycles. The molecule has 0 N–H and O–H groups in total. The fourth-order valence-electron chi connectivity index (χ4n) is 4.52. The van der Waals surface area contributed by atoms with Crippen LogP contribution >= 0.6 is 15.9 Å². The SMILES string of the molecule is C=CCOC1CC(c2nc(-c3ccc(Br)cc3)c(CC)n2COCC[Si](C)(C)C)N(C(=O)OC(C)(C)C)C1. The predicted octanol–water partition coefficient (Wildman–Crippen LogP) is 7.44. The minimum Gasteiger partial charge on any atom is -0.444 e. The number of hydrogen-bond donors (Lipinski definition) is 0. The molecule has 9 heteroatoms. The predicted molar refractivity (Wildman–Crippen MR) is 159 cm³/mol. The molecule has 2 heterocycles. The first kappa shape index (κ1) is 30.6. The fourth-order valence-corrected chi connectivity index (χ4v) is 5.55. The van der Waals surface area contributed by atoms with E-state index in [0.29, 0.717) is 32.9 Å². The molecule has 3 rings (SSSR count). The van der Waals surface area contributed by atoms with Crippen molar-refractivity contribution in [3.63, 3.8) is 0 Å². The number of benzene rings is 1. The summed E-state index contributed by atoms with van der Waals surface area (Å²) in [6, 6.07) is 8.99. The quantitative estimate of drug-likeness (QED) is 0.151. The summed E-state index contributed by atoms with van der Waals surface area (Å²) in [5.41, 5.74) is 2.44. The topological polar surface area (TPSA) is 65.8 Å². The Hall–Kier alpha value is -1.94. The third-order valence-electron chi connectivity index (χ3n) is 6.41. The van der Waals surface area contributed by atoms with Crippen molar-refractivity contribution in [1.82, 2.24) is 14.5 Å². The summed E-state index contributed by atoms with van der Waals surface area (Å²) in [5, 5.41) is 0. The second-order valence-corrected chi connectivity index (χ2v) is 18.6. The van der Waals surface area contributed by atoms with Gasteiger partial charge in [0.1, 0.15) is 18.2 Å². The average molecular weight is 607 g/mol. The molecule has 1 amide bonds. The monoisotopic (exact) mass is 605 g/mol. The summed E-state index contributed by atoms with van der Waals surface area (Å²) in [5.74, 6) is 0.809. The number of hydrogen-bond acceptors (Lipinski definition) is 5. The van der Waals surface area contributed by atoms with Crippen LogP contribution < -0.4 is 0 Å². The van der Waals surface area contributed by atoms with Crippen LogP contribution in [0.15, 0.2) is 41.4 Å². The third kappa shape index (κ3) is 8.28. The molecule has 1 aromatic carbocycles. The lowest BCUT2D eigenvalue weighted by Gasteiger charge is -2.28. The minimum atomic E-state index is -1.23. The van der Waals surface area contributed by atoms with Gasteiger partial charge in [0.15, 0.2) is 0 Å². The molecule has 210 valence electrons. The smallest absolute Gasteiger partial charge is 0.411 e.